The Labute approximate surface area is 375 Å². The van der Waals surface area contributed by atoms with Gasteiger partial charge in [-0.05, 0) is 93.4 Å². The number of unbranched alkanes of at least 4 members (excludes halogenated alkanes) is 2. The quantitative estimate of drug-likeness (QED) is 0.0835. The highest BCUT2D eigenvalue weighted by Gasteiger charge is 2.43. The van der Waals surface area contributed by atoms with Crippen molar-refractivity contribution in [1.29, 1.82) is 0 Å². The van der Waals surface area contributed by atoms with Crippen molar-refractivity contribution >= 4 is 58.0 Å². The number of nitrogens with zero attached hydrogens (tertiary/aromatic N) is 6. The summed E-state index contributed by atoms with van der Waals surface area (Å²) in [7, 11) is 0. The van der Waals surface area contributed by atoms with Crippen LogP contribution in [-0.4, -0.2) is 85.2 Å². The first kappa shape index (κ1) is 44.9. The van der Waals surface area contributed by atoms with Gasteiger partial charge in [0, 0.05) is 51.6 Å². The lowest BCUT2D eigenvalue weighted by atomic mass is 9.91. The van der Waals surface area contributed by atoms with Crippen LogP contribution in [0.25, 0.3) is 5.00 Å². The fourth-order valence-corrected chi connectivity index (χ4v) is 9.51. The number of halogens is 2. The van der Waals surface area contributed by atoms with Crippen molar-refractivity contribution in [2.45, 2.75) is 104 Å². The molecule has 7 rings (SSSR count). The minimum atomic E-state index is -0.843. The molecule has 1 saturated heterocycles. The van der Waals surface area contributed by atoms with E-state index < -0.39 is 24.1 Å². The monoisotopic (exact) mass is 902 g/mol. The van der Waals surface area contributed by atoms with Crippen LogP contribution in [0, 0.1) is 26.7 Å². The van der Waals surface area contributed by atoms with Crippen LogP contribution >= 0.6 is 34.5 Å². The number of β-amino-alcohol motifs (C(OH)–C–C–N with tert-alkyl or cyclic N) is 1. The van der Waals surface area contributed by atoms with Crippen LogP contribution < -0.4 is 15.4 Å². The Morgan fingerprint density at radius 2 is 1.69 bits per heavy atom. The highest BCUT2D eigenvalue weighted by Crippen LogP contribution is 2.40. The van der Waals surface area contributed by atoms with Gasteiger partial charge in [0.25, 0.3) is 5.88 Å². The molecule has 3 amide bonds. The van der Waals surface area contributed by atoms with E-state index in [0.29, 0.717) is 41.2 Å². The van der Waals surface area contributed by atoms with E-state index in [0.717, 1.165) is 51.6 Å². The third-order valence-corrected chi connectivity index (χ3v) is 13.2. The van der Waals surface area contributed by atoms with E-state index in [4.69, 9.17) is 37.5 Å². The van der Waals surface area contributed by atoms with Crippen LogP contribution in [-0.2, 0) is 14.4 Å². The van der Waals surface area contributed by atoms with Crippen molar-refractivity contribution < 1.29 is 28.8 Å². The second kappa shape index (κ2) is 19.5. The van der Waals surface area contributed by atoms with Crippen LogP contribution in [0.4, 0.5) is 0 Å². The number of carbonyl (C=O) groups is 3. The largest absolute Gasteiger partial charge is 0.476 e. The number of rotatable bonds is 16. The summed E-state index contributed by atoms with van der Waals surface area (Å²) in [6.45, 7) is 12.6. The number of aliphatic hydroxyl groups excluding tert-OH is 1. The number of ether oxygens (including phenoxy) is 1. The van der Waals surface area contributed by atoms with Gasteiger partial charge in [-0.1, -0.05) is 61.3 Å². The minimum absolute atomic E-state index is 0.0332. The zero-order valence-corrected chi connectivity index (χ0v) is 38.0. The summed E-state index contributed by atoms with van der Waals surface area (Å²) in [5.41, 5.74) is 4.72. The maximum Gasteiger partial charge on any atom is 0.254 e. The van der Waals surface area contributed by atoms with Gasteiger partial charge in [0.1, 0.15) is 28.8 Å². The topological polar surface area (TPSA) is 177 Å². The maximum absolute atomic E-state index is 14.0. The Morgan fingerprint density at radius 3 is 2.40 bits per heavy atom. The molecule has 3 aromatic heterocycles. The summed E-state index contributed by atoms with van der Waals surface area (Å²) in [5, 5.41) is 31.8. The summed E-state index contributed by atoms with van der Waals surface area (Å²) in [6, 6.07) is 14.7. The highest BCUT2D eigenvalue weighted by atomic mass is 35.5. The molecule has 5 heterocycles. The van der Waals surface area contributed by atoms with Crippen LogP contribution in [0.1, 0.15) is 115 Å². The number of fused-ring (bicyclic) bond motifs is 3. The molecule has 5 aromatic rings. The number of nitrogens with one attached hydrogen (secondary N) is 2. The maximum atomic E-state index is 14.0. The Morgan fingerprint density at radius 1 is 0.984 bits per heavy atom. The van der Waals surface area contributed by atoms with Crippen LogP contribution in [0.3, 0.4) is 0 Å². The molecule has 5 atom stereocenters. The van der Waals surface area contributed by atoms with Crippen LogP contribution in [0.15, 0.2) is 64.1 Å². The van der Waals surface area contributed by atoms with E-state index in [2.05, 4.69) is 39.8 Å². The molecule has 2 aromatic carbocycles. The van der Waals surface area contributed by atoms with Gasteiger partial charge in [-0.3, -0.25) is 23.9 Å². The molecule has 17 heteroatoms. The fraction of sp³-hybridized carbons (Fsp3) is 0.444. The smallest absolute Gasteiger partial charge is 0.254 e. The van der Waals surface area contributed by atoms with Gasteiger partial charge in [0.15, 0.2) is 11.6 Å². The van der Waals surface area contributed by atoms with Gasteiger partial charge in [-0.25, -0.2) is 0 Å². The zero-order chi connectivity index (χ0) is 44.2. The molecule has 5 unspecified atom stereocenters. The van der Waals surface area contributed by atoms with Crippen molar-refractivity contribution in [3.05, 3.63) is 109 Å². The summed E-state index contributed by atoms with van der Waals surface area (Å²) in [6.07, 6.45) is 1.61. The van der Waals surface area contributed by atoms with Gasteiger partial charge in [-0.2, -0.15) is 0 Å². The molecule has 0 saturated carbocycles. The van der Waals surface area contributed by atoms with Crippen LogP contribution in [0.2, 0.25) is 10.0 Å². The van der Waals surface area contributed by atoms with Crippen molar-refractivity contribution in [1.82, 2.24) is 35.5 Å². The van der Waals surface area contributed by atoms with E-state index in [9.17, 15) is 19.5 Å². The van der Waals surface area contributed by atoms with Crippen molar-refractivity contribution in [2.24, 2.45) is 10.9 Å². The molecular formula is C45H52Cl2N8O6S. The molecule has 14 nitrogen and oxygen atoms in total. The average Bonchev–Trinajstić information content (AvgIpc) is 4.01. The van der Waals surface area contributed by atoms with E-state index in [1.807, 2.05) is 68.7 Å². The number of hydrogen-bond acceptors (Lipinski definition) is 11. The first-order valence-corrected chi connectivity index (χ1v) is 22.5. The van der Waals surface area contributed by atoms with Gasteiger partial charge in [-0.15, -0.1) is 21.5 Å². The summed E-state index contributed by atoms with van der Waals surface area (Å²) in [4.78, 5) is 48.7. The summed E-state index contributed by atoms with van der Waals surface area (Å²) < 4.78 is 13.6. The predicted molar refractivity (Wildman–Crippen MR) is 238 cm³/mol. The number of aliphatic hydroxyl groups is 1. The number of amides is 3. The molecule has 2 aliphatic rings. The molecule has 1 fully saturated rings. The Balaban J connectivity index is 0.899. The molecule has 2 aliphatic heterocycles. The van der Waals surface area contributed by atoms with Crippen LogP contribution in [0.5, 0.6) is 5.88 Å². The third kappa shape index (κ3) is 9.91. The van der Waals surface area contributed by atoms with Crippen molar-refractivity contribution in [3.8, 4) is 10.9 Å². The van der Waals surface area contributed by atoms with E-state index >= 15 is 0 Å². The number of aliphatic imine (C=N–C) groups is 1. The first-order valence-electron chi connectivity index (χ1n) is 21.0. The average molecular weight is 904 g/mol. The minimum Gasteiger partial charge on any atom is -0.476 e. The molecule has 328 valence electrons. The molecule has 0 aliphatic carbocycles. The van der Waals surface area contributed by atoms with E-state index in [1.165, 1.54) is 9.78 Å². The van der Waals surface area contributed by atoms with E-state index in [-0.39, 0.29) is 54.9 Å². The third-order valence-electron chi connectivity index (χ3n) is 11.5. The number of aromatic nitrogens is 4. The number of carbonyl (C=O) groups excluding carboxylic acids is 3. The molecular weight excluding hydrogens is 852 g/mol. The molecule has 0 spiro atoms. The van der Waals surface area contributed by atoms with Gasteiger partial charge >= 0.3 is 0 Å². The number of aryl methyl sites for hydroxylation is 2. The first-order chi connectivity index (χ1) is 29.7. The number of hydrogen-bond donors (Lipinski definition) is 3. The standard InChI is InChI=1S/C45H52Cl2N8O6S/c1-24(2)39(44(59)54-23-33(56)20-35(54)43(58)49-26(4)29-10-14-31(46)15-11-29)36-22-38(53-61-36)60-19-9-7-8-18-48-37(57)21-34-42-52-51-28(6)55(42)45-40(25(3)27(5)62-45)41(50-34)30-12-16-32(47)17-13-30/h10-17,22,24,26,33-35,39,56H,7-9,18-21,23H2,1-6H3,(H,48,57)(H,49,58). The van der Waals surface area contributed by atoms with E-state index in [1.54, 1.807) is 29.5 Å². The molecule has 62 heavy (non-hydrogen) atoms. The summed E-state index contributed by atoms with van der Waals surface area (Å²) in [5.74, 6) is 0.191. The Hall–Kier alpha value is -5.09. The lowest BCUT2D eigenvalue weighted by Gasteiger charge is -2.29. The lowest BCUT2D eigenvalue weighted by molar-refractivity contribution is -0.141. The molecule has 0 radical (unpaired) electrons. The normalized spacial score (nSPS) is 18.1. The summed E-state index contributed by atoms with van der Waals surface area (Å²) >= 11 is 13.9. The Kier molecular flexibility index (Phi) is 14.2. The second-order valence-corrected chi connectivity index (χ2v) is 18.4. The van der Waals surface area contributed by atoms with Gasteiger partial charge < -0.3 is 29.9 Å². The zero-order valence-electron chi connectivity index (χ0n) is 35.7. The van der Waals surface area contributed by atoms with Gasteiger partial charge in [0.2, 0.25) is 17.7 Å². The lowest BCUT2D eigenvalue weighted by Crippen LogP contribution is -2.48. The Bertz CT molecular complexity index is 2430. The molecule has 0 bridgehead atoms. The second-order valence-electron chi connectivity index (χ2n) is 16.3. The number of likely N-dealkylation sites (tertiary alicyclic amines) is 1. The van der Waals surface area contributed by atoms with Gasteiger partial charge in [0.05, 0.1) is 30.9 Å². The predicted octanol–water partition coefficient (Wildman–Crippen LogP) is 7.78. The highest BCUT2D eigenvalue weighted by molar-refractivity contribution is 7.15. The van der Waals surface area contributed by atoms with Crippen molar-refractivity contribution in [3.63, 3.8) is 0 Å². The number of benzene rings is 2. The number of thiophene rings is 1. The fourth-order valence-electron chi connectivity index (χ4n) is 8.04. The van der Waals surface area contributed by atoms with Crippen molar-refractivity contribution in [2.75, 3.05) is 19.7 Å². The molecule has 3 N–H and O–H groups in total. The SMILES string of the molecule is Cc1sc2c(c1C)C(c1ccc(Cl)cc1)=NC(CC(=O)NCCCCCOc1cc(C(C(=O)N3CC(O)CC3C(=O)NC(C)c3ccc(Cl)cc3)C(C)C)on1)c1nnc(C)n1-2.